The van der Waals surface area contributed by atoms with Crippen molar-refractivity contribution in [2.24, 2.45) is 11.1 Å². The summed E-state index contributed by atoms with van der Waals surface area (Å²) in [6.45, 7) is 5.57. The van der Waals surface area contributed by atoms with E-state index in [1.54, 1.807) is 11.6 Å². The summed E-state index contributed by atoms with van der Waals surface area (Å²) in [5.74, 6) is -0.00110. The average Bonchev–Trinajstić information content (AvgIpc) is 3.32. The Balaban J connectivity index is 1.38. The quantitative estimate of drug-likeness (QED) is 0.440. The highest BCUT2D eigenvalue weighted by molar-refractivity contribution is 5.88. The number of benzene rings is 2. The zero-order valence-electron chi connectivity index (χ0n) is 21.2. The molecule has 2 aromatic carbocycles. The fraction of sp³-hybridized carbons (Fsp3) is 0.345. The van der Waals surface area contributed by atoms with E-state index in [4.69, 9.17) is 5.73 Å². The molecule has 1 saturated heterocycles. The van der Waals surface area contributed by atoms with Crippen molar-refractivity contribution in [3.05, 3.63) is 95.6 Å². The van der Waals surface area contributed by atoms with Crippen LogP contribution in [-0.4, -0.2) is 69.5 Å². The number of allylic oxidation sites excluding steroid dienone is 3. The van der Waals surface area contributed by atoms with Crippen LogP contribution < -0.4 is 11.1 Å². The number of aromatic nitrogens is 3. The molecule has 1 aliphatic carbocycles. The Morgan fingerprint density at radius 1 is 1.19 bits per heavy atom. The second-order valence-corrected chi connectivity index (χ2v) is 10.1. The summed E-state index contributed by atoms with van der Waals surface area (Å²) in [4.78, 5) is 18.1. The normalized spacial score (nSPS) is 22.1. The fourth-order valence-electron chi connectivity index (χ4n) is 5.37. The molecule has 1 amide bonds. The zero-order chi connectivity index (χ0) is 25.8. The second kappa shape index (κ2) is 10.8. The molecule has 2 heterocycles. The summed E-state index contributed by atoms with van der Waals surface area (Å²) in [5.41, 5.74) is 9.85. The first-order valence-corrected chi connectivity index (χ1v) is 12.8. The topological polar surface area (TPSA) is 109 Å². The minimum atomic E-state index is -0.635. The van der Waals surface area contributed by atoms with E-state index in [-0.39, 0.29) is 23.9 Å². The Bertz CT molecular complexity index is 1300. The molecule has 5 rings (SSSR count). The van der Waals surface area contributed by atoms with Crippen molar-refractivity contribution in [2.45, 2.75) is 25.8 Å². The van der Waals surface area contributed by atoms with Crippen LogP contribution in [0.15, 0.2) is 72.8 Å². The molecule has 3 aromatic rings. The highest BCUT2D eigenvalue weighted by Gasteiger charge is 2.33. The molecule has 8 heteroatoms. The molecule has 8 nitrogen and oxygen atoms in total. The van der Waals surface area contributed by atoms with Crippen LogP contribution in [0.25, 0.3) is 11.3 Å². The van der Waals surface area contributed by atoms with Crippen LogP contribution >= 0.6 is 0 Å². The molecule has 192 valence electrons. The number of aliphatic hydroxyl groups excluding tert-OH is 1. The van der Waals surface area contributed by atoms with E-state index in [0.29, 0.717) is 5.82 Å². The molecule has 0 bridgehead atoms. The van der Waals surface area contributed by atoms with E-state index in [0.717, 1.165) is 44.7 Å². The van der Waals surface area contributed by atoms with Crippen LogP contribution in [0, 0.1) is 12.3 Å². The highest BCUT2D eigenvalue weighted by Crippen LogP contribution is 2.37. The van der Waals surface area contributed by atoms with Crippen LogP contribution in [0.4, 0.5) is 0 Å². The number of aliphatic hydroxyl groups is 1. The lowest BCUT2D eigenvalue weighted by molar-refractivity contribution is 0.0990. The molecule has 1 unspecified atom stereocenters. The van der Waals surface area contributed by atoms with E-state index in [1.807, 2.05) is 18.2 Å². The highest BCUT2D eigenvalue weighted by atomic mass is 16.3. The van der Waals surface area contributed by atoms with E-state index >= 15 is 0 Å². The monoisotopic (exact) mass is 498 g/mol. The number of nitrogens with two attached hydrogens (primary N) is 1. The van der Waals surface area contributed by atoms with Gasteiger partial charge in [-0.2, -0.15) is 0 Å². The van der Waals surface area contributed by atoms with E-state index < -0.39 is 5.91 Å². The molecular weight excluding hydrogens is 464 g/mol. The third-order valence-corrected chi connectivity index (χ3v) is 7.28. The van der Waals surface area contributed by atoms with Gasteiger partial charge in [0, 0.05) is 37.6 Å². The van der Waals surface area contributed by atoms with Crippen molar-refractivity contribution in [1.29, 1.82) is 0 Å². The molecule has 0 spiro atoms. The number of hydrogen-bond donors (Lipinski definition) is 3. The predicted molar refractivity (Wildman–Crippen MR) is 144 cm³/mol. The van der Waals surface area contributed by atoms with Crippen LogP contribution in [0.2, 0.25) is 0 Å². The number of rotatable bonds is 8. The summed E-state index contributed by atoms with van der Waals surface area (Å²) < 4.78 is 1.64. The number of carbonyl (C=O) groups is 1. The number of amides is 1. The minimum Gasteiger partial charge on any atom is -0.395 e. The first kappa shape index (κ1) is 25.1. The Labute approximate surface area is 217 Å². The SMILES string of the molecule is Cc1nc(C(N)=O)nn1-c1ccc(C[C@@]2(CN3CCNC(CO)C3)C=CC(c3ccccc3)=CC2)cc1. The van der Waals surface area contributed by atoms with Crippen molar-refractivity contribution < 1.29 is 9.90 Å². The number of aryl methyl sites for hydroxylation is 1. The molecule has 1 aromatic heterocycles. The number of hydrogen-bond acceptors (Lipinski definition) is 6. The van der Waals surface area contributed by atoms with Gasteiger partial charge in [-0.05, 0) is 48.6 Å². The first-order valence-electron chi connectivity index (χ1n) is 12.8. The zero-order valence-corrected chi connectivity index (χ0v) is 21.2. The molecule has 1 aliphatic heterocycles. The minimum absolute atomic E-state index is 0.0195. The van der Waals surface area contributed by atoms with Crippen molar-refractivity contribution >= 4 is 11.5 Å². The summed E-state index contributed by atoms with van der Waals surface area (Å²) in [7, 11) is 0. The third-order valence-electron chi connectivity index (χ3n) is 7.28. The molecule has 0 radical (unpaired) electrons. The summed E-state index contributed by atoms with van der Waals surface area (Å²) in [5, 5.41) is 17.3. The smallest absolute Gasteiger partial charge is 0.288 e. The fourth-order valence-corrected chi connectivity index (χ4v) is 5.37. The third kappa shape index (κ3) is 5.72. The summed E-state index contributed by atoms with van der Waals surface area (Å²) in [6.07, 6.45) is 8.84. The van der Waals surface area contributed by atoms with Gasteiger partial charge >= 0.3 is 0 Å². The second-order valence-electron chi connectivity index (χ2n) is 10.1. The molecule has 37 heavy (non-hydrogen) atoms. The molecule has 2 aliphatic rings. The average molecular weight is 499 g/mol. The van der Waals surface area contributed by atoms with Gasteiger partial charge in [0.2, 0.25) is 5.82 Å². The number of carbonyl (C=O) groups excluding carboxylic acids is 1. The lowest BCUT2D eigenvalue weighted by Gasteiger charge is -2.41. The van der Waals surface area contributed by atoms with Crippen molar-refractivity contribution in [3.63, 3.8) is 0 Å². The van der Waals surface area contributed by atoms with Crippen molar-refractivity contribution in [2.75, 3.05) is 32.8 Å². The van der Waals surface area contributed by atoms with Crippen molar-refractivity contribution in [3.8, 4) is 5.69 Å². The van der Waals surface area contributed by atoms with Gasteiger partial charge in [-0.1, -0.05) is 60.7 Å². The van der Waals surface area contributed by atoms with Gasteiger partial charge < -0.3 is 16.2 Å². The number of primary amides is 1. The van der Waals surface area contributed by atoms with Crippen molar-refractivity contribution in [1.82, 2.24) is 25.0 Å². The molecule has 0 saturated carbocycles. The van der Waals surface area contributed by atoms with Gasteiger partial charge in [-0.15, -0.1) is 5.10 Å². The predicted octanol–water partition coefficient (Wildman–Crippen LogP) is 2.51. The van der Waals surface area contributed by atoms with Gasteiger partial charge in [0.1, 0.15) is 5.82 Å². The van der Waals surface area contributed by atoms with E-state index in [9.17, 15) is 9.90 Å². The van der Waals surface area contributed by atoms with Crippen LogP contribution in [-0.2, 0) is 6.42 Å². The van der Waals surface area contributed by atoms with Gasteiger partial charge in [0.25, 0.3) is 5.91 Å². The largest absolute Gasteiger partial charge is 0.395 e. The van der Waals surface area contributed by atoms with Crippen LogP contribution in [0.3, 0.4) is 0 Å². The maximum Gasteiger partial charge on any atom is 0.288 e. The Morgan fingerprint density at radius 2 is 1.97 bits per heavy atom. The first-order chi connectivity index (χ1) is 17.9. The molecule has 4 N–H and O–H groups in total. The van der Waals surface area contributed by atoms with Crippen LogP contribution in [0.1, 0.15) is 34.0 Å². The van der Waals surface area contributed by atoms with Gasteiger partial charge in [-0.3, -0.25) is 9.69 Å². The summed E-state index contributed by atoms with van der Waals surface area (Å²) >= 11 is 0. The van der Waals surface area contributed by atoms with Gasteiger partial charge in [0.05, 0.1) is 12.3 Å². The van der Waals surface area contributed by atoms with E-state index in [1.165, 1.54) is 16.7 Å². The van der Waals surface area contributed by atoms with Gasteiger partial charge in [0.15, 0.2) is 0 Å². The molecule has 1 fully saturated rings. The lowest BCUT2D eigenvalue weighted by Crippen LogP contribution is -2.54. The standard InChI is InChI=1S/C29H34N6O2/c1-21-32-28(27(30)37)33-35(21)26-9-7-22(8-10-26)17-29(20-34-16-15-31-25(18-34)19-36)13-11-24(12-14-29)23-5-3-2-4-6-23/h2-13,25,31,36H,14-20H2,1H3,(H2,30,37)/t25?,29-/m1/s1. The van der Waals surface area contributed by atoms with E-state index in [2.05, 4.69) is 74.9 Å². The van der Waals surface area contributed by atoms with Crippen LogP contribution in [0.5, 0.6) is 0 Å². The Morgan fingerprint density at radius 3 is 2.62 bits per heavy atom. The Hall–Kier alpha value is -3.59. The summed E-state index contributed by atoms with van der Waals surface area (Å²) in [6, 6.07) is 18.9. The van der Waals surface area contributed by atoms with Gasteiger partial charge in [-0.25, -0.2) is 9.67 Å². The molecule has 2 atom stereocenters. The lowest BCUT2D eigenvalue weighted by atomic mass is 9.74. The number of piperazine rings is 1. The number of nitrogens with one attached hydrogen (secondary N) is 1. The maximum absolute atomic E-state index is 11.5. The molecular formula is C29H34N6O2. The number of nitrogens with zero attached hydrogens (tertiary/aromatic N) is 4. The maximum atomic E-state index is 11.5. The Kier molecular flexibility index (Phi) is 7.32.